The van der Waals surface area contributed by atoms with Gasteiger partial charge in [0.1, 0.15) is 0 Å². The van der Waals surface area contributed by atoms with E-state index >= 15 is 0 Å². The molecule has 0 fully saturated rings. The first-order chi connectivity index (χ1) is 14.7. The smallest absolute Gasteiger partial charge is 0.305 e. The summed E-state index contributed by atoms with van der Waals surface area (Å²) in [6.45, 7) is 8.29. The quantitative estimate of drug-likeness (QED) is 0.0973. The van der Waals surface area contributed by atoms with E-state index in [1.807, 2.05) is 12.2 Å². The molecule has 0 amide bonds. The molecule has 0 atom stereocenters. The van der Waals surface area contributed by atoms with Crippen molar-refractivity contribution in [3.8, 4) is 0 Å². The van der Waals surface area contributed by atoms with Crippen LogP contribution in [0, 0.1) is 0 Å². The van der Waals surface area contributed by atoms with Gasteiger partial charge in [-0.15, -0.1) is 13.2 Å². The van der Waals surface area contributed by atoms with E-state index in [1.54, 1.807) is 0 Å². The molecule has 0 bridgehead atoms. The van der Waals surface area contributed by atoms with Crippen LogP contribution in [0.2, 0.25) is 0 Å². The minimum absolute atomic E-state index is 0.108. The number of rotatable bonds is 23. The van der Waals surface area contributed by atoms with E-state index in [9.17, 15) is 9.59 Å². The molecule has 4 nitrogen and oxygen atoms in total. The summed E-state index contributed by atoms with van der Waals surface area (Å²) in [5.74, 6) is -0.216. The topological polar surface area (TPSA) is 52.6 Å². The second kappa shape index (κ2) is 23.7. The molecule has 0 aliphatic carbocycles. The van der Waals surface area contributed by atoms with Crippen LogP contribution in [0.25, 0.3) is 0 Å². The van der Waals surface area contributed by atoms with Gasteiger partial charge in [0, 0.05) is 12.8 Å². The lowest BCUT2D eigenvalue weighted by Crippen LogP contribution is -2.08. The summed E-state index contributed by atoms with van der Waals surface area (Å²) in [4.78, 5) is 23.4. The zero-order valence-electron chi connectivity index (χ0n) is 19.3. The van der Waals surface area contributed by atoms with Crippen molar-refractivity contribution in [3.63, 3.8) is 0 Å². The number of allylic oxidation sites excluding steroid dienone is 2. The van der Waals surface area contributed by atoms with Gasteiger partial charge in [0.2, 0.25) is 0 Å². The molecule has 0 radical (unpaired) electrons. The molecule has 30 heavy (non-hydrogen) atoms. The van der Waals surface area contributed by atoms with E-state index in [1.165, 1.54) is 51.4 Å². The normalized spacial score (nSPS) is 10.5. The molecule has 0 rings (SSSR count). The Balaban J connectivity index is 3.29. The van der Waals surface area contributed by atoms with Gasteiger partial charge in [-0.3, -0.25) is 9.59 Å². The fourth-order valence-corrected chi connectivity index (χ4v) is 3.25. The third kappa shape index (κ3) is 22.7. The number of hydrogen-bond acceptors (Lipinski definition) is 4. The molecular weight excluding hydrogens is 376 g/mol. The van der Waals surface area contributed by atoms with Crippen LogP contribution in [0.3, 0.4) is 0 Å². The predicted molar refractivity (Wildman–Crippen MR) is 125 cm³/mol. The zero-order chi connectivity index (χ0) is 22.1. The van der Waals surface area contributed by atoms with Crippen molar-refractivity contribution in [1.82, 2.24) is 0 Å². The Labute approximate surface area is 185 Å². The summed E-state index contributed by atoms with van der Waals surface area (Å²) in [6, 6.07) is 0. The molecule has 174 valence electrons. The van der Waals surface area contributed by atoms with Crippen molar-refractivity contribution in [1.29, 1.82) is 0 Å². The summed E-state index contributed by atoms with van der Waals surface area (Å²) in [6.07, 6.45) is 22.4. The van der Waals surface area contributed by atoms with Crippen molar-refractivity contribution in [2.45, 2.75) is 116 Å². The van der Waals surface area contributed by atoms with Crippen LogP contribution in [-0.4, -0.2) is 25.2 Å². The minimum atomic E-state index is -0.108. The maximum Gasteiger partial charge on any atom is 0.305 e. The number of carbonyl (C=O) groups excluding carboxylic acids is 2. The largest absolute Gasteiger partial charge is 0.466 e. The van der Waals surface area contributed by atoms with Gasteiger partial charge in [0.25, 0.3) is 0 Å². The SMILES string of the molecule is C=CCCCCCCCCC(=O)OCCCCOC(=O)CCCCCCCCC=C. The summed E-state index contributed by atoms with van der Waals surface area (Å²) < 4.78 is 10.5. The Bertz CT molecular complexity index is 391. The van der Waals surface area contributed by atoms with Crippen molar-refractivity contribution in [3.05, 3.63) is 25.3 Å². The van der Waals surface area contributed by atoms with Crippen LogP contribution < -0.4 is 0 Å². The van der Waals surface area contributed by atoms with E-state index in [4.69, 9.17) is 9.47 Å². The van der Waals surface area contributed by atoms with Gasteiger partial charge >= 0.3 is 11.9 Å². The van der Waals surface area contributed by atoms with Crippen molar-refractivity contribution >= 4 is 11.9 Å². The van der Waals surface area contributed by atoms with Crippen molar-refractivity contribution in [2.24, 2.45) is 0 Å². The number of unbranched alkanes of at least 4 members (excludes halogenated alkanes) is 13. The Morgan fingerprint density at radius 1 is 0.500 bits per heavy atom. The van der Waals surface area contributed by atoms with Gasteiger partial charge < -0.3 is 9.47 Å². The Morgan fingerprint density at radius 3 is 1.20 bits per heavy atom. The van der Waals surface area contributed by atoms with Crippen molar-refractivity contribution in [2.75, 3.05) is 13.2 Å². The van der Waals surface area contributed by atoms with Crippen LogP contribution in [0.5, 0.6) is 0 Å². The molecule has 0 heterocycles. The summed E-state index contributed by atoms with van der Waals surface area (Å²) in [5, 5.41) is 0. The fraction of sp³-hybridized carbons (Fsp3) is 0.769. The third-order valence-electron chi connectivity index (χ3n) is 5.14. The molecule has 0 unspecified atom stereocenters. The fourth-order valence-electron chi connectivity index (χ4n) is 3.25. The Hall–Kier alpha value is -1.58. The molecule has 0 aromatic heterocycles. The molecular formula is C26H46O4. The molecule has 0 saturated heterocycles. The van der Waals surface area contributed by atoms with E-state index in [0.29, 0.717) is 26.1 Å². The third-order valence-corrected chi connectivity index (χ3v) is 5.14. The van der Waals surface area contributed by atoms with Gasteiger partial charge in [0.15, 0.2) is 0 Å². The lowest BCUT2D eigenvalue weighted by Gasteiger charge is -2.06. The van der Waals surface area contributed by atoms with Crippen LogP contribution in [0.4, 0.5) is 0 Å². The average Bonchev–Trinajstić information content (AvgIpc) is 2.74. The van der Waals surface area contributed by atoms with Crippen LogP contribution >= 0.6 is 0 Å². The summed E-state index contributed by atoms with van der Waals surface area (Å²) in [5.41, 5.74) is 0. The highest BCUT2D eigenvalue weighted by molar-refractivity contribution is 5.69. The minimum Gasteiger partial charge on any atom is -0.466 e. The van der Waals surface area contributed by atoms with Crippen LogP contribution in [-0.2, 0) is 19.1 Å². The van der Waals surface area contributed by atoms with Crippen LogP contribution in [0.1, 0.15) is 116 Å². The highest BCUT2D eigenvalue weighted by Gasteiger charge is 2.04. The van der Waals surface area contributed by atoms with Gasteiger partial charge in [0.05, 0.1) is 13.2 Å². The first-order valence-electron chi connectivity index (χ1n) is 12.2. The van der Waals surface area contributed by atoms with Gasteiger partial charge in [-0.05, 0) is 51.4 Å². The molecule has 0 aliphatic rings. The molecule has 0 saturated carbocycles. The van der Waals surface area contributed by atoms with Crippen LogP contribution in [0.15, 0.2) is 25.3 Å². The molecule has 4 heteroatoms. The first-order valence-corrected chi connectivity index (χ1v) is 12.2. The maximum absolute atomic E-state index is 11.7. The van der Waals surface area contributed by atoms with Gasteiger partial charge in [-0.25, -0.2) is 0 Å². The molecule has 0 N–H and O–H groups in total. The van der Waals surface area contributed by atoms with Gasteiger partial charge in [-0.1, -0.05) is 63.5 Å². The second-order valence-corrected chi connectivity index (χ2v) is 8.05. The second-order valence-electron chi connectivity index (χ2n) is 8.05. The zero-order valence-corrected chi connectivity index (χ0v) is 19.3. The number of carbonyl (C=O) groups is 2. The maximum atomic E-state index is 11.7. The van der Waals surface area contributed by atoms with E-state index < -0.39 is 0 Å². The number of esters is 2. The standard InChI is InChI=1S/C26H46O4/c1-3-5-7-9-11-13-15-17-21-25(27)29-23-19-20-24-30-26(28)22-18-16-14-12-10-8-6-4-2/h3-4H,1-2,5-24H2. The van der Waals surface area contributed by atoms with Crippen molar-refractivity contribution < 1.29 is 19.1 Å². The lowest BCUT2D eigenvalue weighted by molar-refractivity contribution is -0.146. The molecule has 0 aliphatic heterocycles. The molecule has 0 spiro atoms. The van der Waals surface area contributed by atoms with E-state index in [-0.39, 0.29) is 11.9 Å². The Kier molecular flexibility index (Phi) is 22.4. The average molecular weight is 423 g/mol. The molecule has 0 aromatic rings. The highest BCUT2D eigenvalue weighted by Crippen LogP contribution is 2.10. The summed E-state index contributed by atoms with van der Waals surface area (Å²) >= 11 is 0. The Morgan fingerprint density at radius 2 is 0.833 bits per heavy atom. The predicted octanol–water partition coefficient (Wildman–Crippen LogP) is 7.47. The first kappa shape index (κ1) is 28.4. The van der Waals surface area contributed by atoms with E-state index in [0.717, 1.165) is 51.4 Å². The number of hydrogen-bond donors (Lipinski definition) is 0. The molecule has 0 aromatic carbocycles. The summed E-state index contributed by atoms with van der Waals surface area (Å²) in [7, 11) is 0. The highest BCUT2D eigenvalue weighted by atomic mass is 16.5. The number of ether oxygens (including phenoxy) is 2. The van der Waals surface area contributed by atoms with E-state index in [2.05, 4.69) is 13.2 Å². The monoisotopic (exact) mass is 422 g/mol. The lowest BCUT2D eigenvalue weighted by atomic mass is 10.1. The van der Waals surface area contributed by atoms with Gasteiger partial charge in [-0.2, -0.15) is 0 Å².